The fourth-order valence-electron chi connectivity index (χ4n) is 4.45. The lowest BCUT2D eigenvalue weighted by Crippen LogP contribution is -2.38. The van der Waals surface area contributed by atoms with Gasteiger partial charge in [0.1, 0.15) is 11.1 Å². The lowest BCUT2D eigenvalue weighted by molar-refractivity contribution is -0.118. The number of likely N-dealkylation sites (tertiary alicyclic amines) is 1. The Hall–Kier alpha value is -2.35. The van der Waals surface area contributed by atoms with Crippen molar-refractivity contribution in [3.05, 3.63) is 59.7 Å². The molecule has 1 amide bonds. The molecule has 170 valence electrons. The van der Waals surface area contributed by atoms with Crippen LogP contribution in [0.15, 0.2) is 53.4 Å². The number of unbranched alkanes of at least 4 members (excludes halogenated alkanes) is 2. The van der Waals surface area contributed by atoms with Crippen LogP contribution >= 0.6 is 11.8 Å². The molecule has 2 aliphatic heterocycles. The molecule has 0 spiro atoms. The number of carbonyl (C=O) groups is 1. The minimum atomic E-state index is -0.330. The molecule has 1 saturated heterocycles. The van der Waals surface area contributed by atoms with Crippen molar-refractivity contribution in [3.8, 4) is 0 Å². The Morgan fingerprint density at radius 1 is 1.06 bits per heavy atom. The number of aliphatic hydroxyl groups excluding tert-OH is 1. The second-order valence-corrected chi connectivity index (χ2v) is 9.78. The van der Waals surface area contributed by atoms with Crippen LogP contribution in [0.4, 0.5) is 5.69 Å². The molecule has 0 bridgehead atoms. The minimum absolute atomic E-state index is 0.0144. The number of benzene rings is 2. The van der Waals surface area contributed by atoms with Gasteiger partial charge < -0.3 is 20.6 Å². The Kier molecular flexibility index (Phi) is 7.50. The SMILES string of the molecule is N=C(N)c1cccc(C2Sc3ccccc3N(CCCCCN3CCC(O)CC3)C2=O)c1. The van der Waals surface area contributed by atoms with E-state index < -0.39 is 0 Å². The van der Waals surface area contributed by atoms with Gasteiger partial charge in [-0.1, -0.05) is 36.8 Å². The van der Waals surface area contributed by atoms with Crippen LogP contribution in [0, 0.1) is 5.41 Å². The van der Waals surface area contributed by atoms with Crippen LogP contribution in [0.25, 0.3) is 0 Å². The molecule has 0 aromatic heterocycles. The van der Waals surface area contributed by atoms with Gasteiger partial charge in [-0.25, -0.2) is 0 Å². The van der Waals surface area contributed by atoms with E-state index in [2.05, 4.69) is 11.0 Å². The van der Waals surface area contributed by atoms with Gasteiger partial charge in [-0.2, -0.15) is 0 Å². The Morgan fingerprint density at radius 2 is 1.81 bits per heavy atom. The number of anilines is 1. The number of thioether (sulfide) groups is 1. The van der Waals surface area contributed by atoms with Crippen molar-refractivity contribution < 1.29 is 9.90 Å². The van der Waals surface area contributed by atoms with E-state index >= 15 is 0 Å². The topological polar surface area (TPSA) is 93.7 Å². The highest BCUT2D eigenvalue weighted by molar-refractivity contribution is 8.00. The highest BCUT2D eigenvalue weighted by atomic mass is 32.2. The molecule has 1 atom stereocenters. The van der Waals surface area contributed by atoms with E-state index in [1.165, 1.54) is 0 Å². The average Bonchev–Trinajstić information content (AvgIpc) is 2.81. The summed E-state index contributed by atoms with van der Waals surface area (Å²) in [7, 11) is 0. The molecule has 2 aliphatic rings. The van der Waals surface area contributed by atoms with Crippen molar-refractivity contribution in [3.63, 3.8) is 0 Å². The first-order valence-electron chi connectivity index (χ1n) is 11.4. The van der Waals surface area contributed by atoms with Gasteiger partial charge in [0.15, 0.2) is 0 Å². The van der Waals surface area contributed by atoms with Crippen LogP contribution in [0.2, 0.25) is 0 Å². The van der Waals surface area contributed by atoms with Crippen molar-refractivity contribution >= 4 is 29.2 Å². The molecule has 2 aromatic carbocycles. The van der Waals surface area contributed by atoms with Crippen LogP contribution in [0.5, 0.6) is 0 Å². The first-order valence-corrected chi connectivity index (χ1v) is 12.3. The molecule has 2 heterocycles. The molecule has 0 aliphatic carbocycles. The molecule has 4 rings (SSSR count). The Labute approximate surface area is 194 Å². The third-order valence-electron chi connectivity index (χ3n) is 6.30. The summed E-state index contributed by atoms with van der Waals surface area (Å²) in [5, 5.41) is 17.0. The molecule has 32 heavy (non-hydrogen) atoms. The van der Waals surface area contributed by atoms with Gasteiger partial charge >= 0.3 is 0 Å². The van der Waals surface area contributed by atoms with Gasteiger partial charge in [0.25, 0.3) is 0 Å². The van der Waals surface area contributed by atoms with E-state index in [4.69, 9.17) is 11.1 Å². The molecular weight excluding hydrogens is 420 g/mol. The maximum atomic E-state index is 13.5. The van der Waals surface area contributed by atoms with Crippen LogP contribution < -0.4 is 10.6 Å². The van der Waals surface area contributed by atoms with E-state index in [0.29, 0.717) is 12.1 Å². The normalized spacial score (nSPS) is 19.7. The average molecular weight is 453 g/mol. The molecule has 1 fully saturated rings. The summed E-state index contributed by atoms with van der Waals surface area (Å²) < 4.78 is 0. The van der Waals surface area contributed by atoms with Crippen molar-refractivity contribution in [2.45, 2.75) is 48.4 Å². The first-order chi connectivity index (χ1) is 15.5. The maximum Gasteiger partial charge on any atom is 0.245 e. The van der Waals surface area contributed by atoms with Crippen LogP contribution in [-0.4, -0.2) is 54.0 Å². The number of amidine groups is 1. The highest BCUT2D eigenvalue weighted by Gasteiger charge is 2.34. The lowest BCUT2D eigenvalue weighted by atomic mass is 10.1. The zero-order valence-electron chi connectivity index (χ0n) is 18.4. The van der Waals surface area contributed by atoms with E-state index in [9.17, 15) is 9.90 Å². The zero-order chi connectivity index (χ0) is 22.5. The van der Waals surface area contributed by atoms with Gasteiger partial charge in [0, 0.05) is 30.1 Å². The molecule has 0 radical (unpaired) electrons. The fraction of sp³-hybridized carbons (Fsp3) is 0.440. The van der Waals surface area contributed by atoms with E-state index in [-0.39, 0.29) is 23.1 Å². The highest BCUT2D eigenvalue weighted by Crippen LogP contribution is 2.46. The number of aliphatic hydroxyl groups is 1. The molecule has 1 unspecified atom stereocenters. The summed E-state index contributed by atoms with van der Waals surface area (Å²) in [6.07, 6.45) is 4.77. The van der Waals surface area contributed by atoms with Gasteiger partial charge in [0.2, 0.25) is 5.91 Å². The lowest BCUT2D eigenvalue weighted by Gasteiger charge is -2.34. The van der Waals surface area contributed by atoms with Gasteiger partial charge in [-0.05, 0) is 56.0 Å². The smallest absolute Gasteiger partial charge is 0.245 e. The van der Waals surface area contributed by atoms with E-state index in [1.807, 2.05) is 41.3 Å². The predicted molar refractivity (Wildman–Crippen MR) is 130 cm³/mol. The van der Waals surface area contributed by atoms with Gasteiger partial charge in [-0.15, -0.1) is 11.8 Å². The predicted octanol–water partition coefficient (Wildman–Crippen LogP) is 3.78. The van der Waals surface area contributed by atoms with Crippen molar-refractivity contribution in [2.75, 3.05) is 31.1 Å². The molecule has 0 saturated carbocycles. The van der Waals surface area contributed by atoms with Crippen molar-refractivity contribution in [2.24, 2.45) is 5.73 Å². The summed E-state index contributed by atoms with van der Waals surface area (Å²) in [4.78, 5) is 19.0. The third kappa shape index (κ3) is 5.34. The summed E-state index contributed by atoms with van der Waals surface area (Å²) in [6, 6.07) is 15.6. The van der Waals surface area contributed by atoms with Crippen molar-refractivity contribution in [1.29, 1.82) is 5.41 Å². The fourth-order valence-corrected chi connectivity index (χ4v) is 5.67. The van der Waals surface area contributed by atoms with E-state index in [0.717, 1.165) is 67.9 Å². The molecule has 7 heteroatoms. The summed E-state index contributed by atoms with van der Waals surface area (Å²) in [5.74, 6) is 0.111. The second kappa shape index (κ2) is 10.5. The molecule has 4 N–H and O–H groups in total. The largest absolute Gasteiger partial charge is 0.393 e. The van der Waals surface area contributed by atoms with E-state index in [1.54, 1.807) is 17.8 Å². The number of hydrogen-bond donors (Lipinski definition) is 3. The number of rotatable bonds is 8. The molecule has 2 aromatic rings. The number of piperidine rings is 1. The van der Waals surface area contributed by atoms with Crippen LogP contribution in [-0.2, 0) is 4.79 Å². The summed E-state index contributed by atoms with van der Waals surface area (Å²) in [6.45, 7) is 3.74. The van der Waals surface area contributed by atoms with Crippen LogP contribution in [0.3, 0.4) is 0 Å². The monoisotopic (exact) mass is 452 g/mol. The standard InChI is InChI=1S/C25H32N4O2S/c26-24(27)19-8-6-7-18(17-19)23-25(31)29(21-9-2-3-10-22(21)32-23)14-5-1-4-13-28-15-11-20(30)12-16-28/h2-3,6-10,17,20,23,30H,1,4-5,11-16H2,(H3,26,27). The minimum Gasteiger partial charge on any atom is -0.393 e. The van der Waals surface area contributed by atoms with Crippen molar-refractivity contribution in [1.82, 2.24) is 4.90 Å². The number of para-hydroxylation sites is 1. The number of hydrogen-bond acceptors (Lipinski definition) is 5. The van der Waals surface area contributed by atoms with Gasteiger partial charge in [0.05, 0.1) is 11.8 Å². The van der Waals surface area contributed by atoms with Crippen LogP contribution in [0.1, 0.15) is 48.5 Å². The van der Waals surface area contributed by atoms with Gasteiger partial charge in [-0.3, -0.25) is 10.2 Å². The Balaban J connectivity index is 1.40. The summed E-state index contributed by atoms with van der Waals surface area (Å²) >= 11 is 1.58. The number of nitrogens with zero attached hydrogens (tertiary/aromatic N) is 2. The Morgan fingerprint density at radius 3 is 2.59 bits per heavy atom. The summed E-state index contributed by atoms with van der Waals surface area (Å²) in [5.41, 5.74) is 8.20. The molecule has 6 nitrogen and oxygen atoms in total. The zero-order valence-corrected chi connectivity index (χ0v) is 19.2. The number of nitrogen functional groups attached to an aromatic ring is 1. The Bertz CT molecular complexity index is 958. The molecular formula is C25H32N4O2S. The second-order valence-electron chi connectivity index (χ2n) is 8.63. The number of nitrogens with two attached hydrogens (primary N) is 1. The number of fused-ring (bicyclic) bond motifs is 1. The first kappa shape index (κ1) is 22.8. The number of amides is 1. The quantitative estimate of drug-likeness (QED) is 0.322. The number of carbonyl (C=O) groups excluding carboxylic acids is 1. The third-order valence-corrected chi connectivity index (χ3v) is 7.61. The maximum absolute atomic E-state index is 13.5. The number of nitrogens with one attached hydrogen (secondary N) is 1.